The fourth-order valence-electron chi connectivity index (χ4n) is 2.26. The molecule has 0 saturated heterocycles. The Hall–Kier alpha value is -1.55. The van der Waals surface area contributed by atoms with Gasteiger partial charge in [-0.3, -0.25) is 4.79 Å². The maximum atomic E-state index is 12.1. The van der Waals surface area contributed by atoms with E-state index in [-0.39, 0.29) is 5.91 Å². The van der Waals surface area contributed by atoms with E-state index in [2.05, 4.69) is 37.9 Å². The zero-order valence-corrected chi connectivity index (χ0v) is 13.9. The third kappa shape index (κ3) is 6.17. The first-order valence-corrected chi connectivity index (χ1v) is 7.69. The Kier molecular flexibility index (Phi) is 6.69. The number of nitrogens with zero attached hydrogens (tertiary/aromatic N) is 1. The fraction of sp³-hybridized carbons (Fsp3) is 0.588. The number of hydrogen-bond donors (Lipinski definition) is 2. The number of hydrogen-bond acceptors (Lipinski definition) is 3. The summed E-state index contributed by atoms with van der Waals surface area (Å²) in [5, 5.41) is 2.95. The van der Waals surface area contributed by atoms with Gasteiger partial charge in [-0.05, 0) is 44.4 Å². The van der Waals surface area contributed by atoms with Crippen molar-refractivity contribution >= 4 is 17.3 Å². The summed E-state index contributed by atoms with van der Waals surface area (Å²) in [5.41, 5.74) is 8.26. The Morgan fingerprint density at radius 1 is 1.29 bits per heavy atom. The smallest absolute Gasteiger partial charge is 0.225 e. The molecular formula is C17H29N3O. The van der Waals surface area contributed by atoms with Gasteiger partial charge in [0, 0.05) is 36.9 Å². The van der Waals surface area contributed by atoms with Crippen LogP contribution < -0.4 is 11.1 Å². The van der Waals surface area contributed by atoms with Gasteiger partial charge in [0.2, 0.25) is 5.91 Å². The first-order chi connectivity index (χ1) is 9.79. The number of rotatable bonds is 7. The lowest BCUT2D eigenvalue weighted by molar-refractivity contribution is -0.116. The van der Waals surface area contributed by atoms with Gasteiger partial charge in [-0.25, -0.2) is 0 Å². The SMILES string of the molecule is Cc1ccc(N)cc1NC(=O)CCN(CC(C)C)C(C)C. The van der Waals surface area contributed by atoms with Crippen LogP contribution in [0.25, 0.3) is 0 Å². The van der Waals surface area contributed by atoms with Gasteiger partial charge in [0.25, 0.3) is 0 Å². The molecule has 0 radical (unpaired) electrons. The molecule has 0 aliphatic carbocycles. The maximum absolute atomic E-state index is 12.1. The molecule has 1 amide bonds. The average molecular weight is 291 g/mol. The lowest BCUT2D eigenvalue weighted by Gasteiger charge is -2.28. The highest BCUT2D eigenvalue weighted by molar-refractivity contribution is 5.92. The summed E-state index contributed by atoms with van der Waals surface area (Å²) in [4.78, 5) is 14.5. The Bertz CT molecular complexity index is 469. The first-order valence-electron chi connectivity index (χ1n) is 7.69. The minimum atomic E-state index is 0.0399. The third-order valence-electron chi connectivity index (χ3n) is 3.49. The molecule has 0 saturated carbocycles. The molecule has 118 valence electrons. The van der Waals surface area contributed by atoms with Crippen molar-refractivity contribution in [2.45, 2.75) is 47.1 Å². The van der Waals surface area contributed by atoms with Gasteiger partial charge in [-0.15, -0.1) is 0 Å². The van der Waals surface area contributed by atoms with Crippen LogP contribution in [0.15, 0.2) is 18.2 Å². The molecule has 0 atom stereocenters. The number of anilines is 2. The number of amides is 1. The van der Waals surface area contributed by atoms with Crippen molar-refractivity contribution in [3.8, 4) is 0 Å². The van der Waals surface area contributed by atoms with Gasteiger partial charge < -0.3 is 16.0 Å². The summed E-state index contributed by atoms with van der Waals surface area (Å²) in [6.45, 7) is 12.5. The Morgan fingerprint density at radius 3 is 2.52 bits per heavy atom. The van der Waals surface area contributed by atoms with Crippen LogP contribution in [0, 0.1) is 12.8 Å². The number of carbonyl (C=O) groups is 1. The molecule has 4 heteroatoms. The second-order valence-corrected chi connectivity index (χ2v) is 6.36. The second-order valence-electron chi connectivity index (χ2n) is 6.36. The molecule has 1 aromatic carbocycles. The molecule has 0 heterocycles. The van der Waals surface area contributed by atoms with Crippen molar-refractivity contribution in [2.24, 2.45) is 5.92 Å². The number of nitrogens with one attached hydrogen (secondary N) is 1. The van der Waals surface area contributed by atoms with E-state index < -0.39 is 0 Å². The minimum Gasteiger partial charge on any atom is -0.399 e. The van der Waals surface area contributed by atoms with Crippen LogP contribution in [0.1, 0.15) is 39.7 Å². The molecule has 0 aromatic heterocycles. The summed E-state index contributed by atoms with van der Waals surface area (Å²) < 4.78 is 0. The lowest BCUT2D eigenvalue weighted by Crippen LogP contribution is -2.36. The van der Waals surface area contributed by atoms with Crippen LogP contribution in [0.2, 0.25) is 0 Å². The van der Waals surface area contributed by atoms with E-state index in [1.54, 1.807) is 0 Å². The topological polar surface area (TPSA) is 58.4 Å². The summed E-state index contributed by atoms with van der Waals surface area (Å²) in [7, 11) is 0. The molecule has 3 N–H and O–H groups in total. The van der Waals surface area contributed by atoms with Gasteiger partial charge in [-0.2, -0.15) is 0 Å². The van der Waals surface area contributed by atoms with Crippen LogP contribution in [0.4, 0.5) is 11.4 Å². The number of carbonyl (C=O) groups excluding carboxylic acids is 1. The monoisotopic (exact) mass is 291 g/mol. The molecule has 21 heavy (non-hydrogen) atoms. The van der Waals surface area contributed by atoms with Gasteiger partial charge >= 0.3 is 0 Å². The summed E-state index contributed by atoms with van der Waals surface area (Å²) in [6, 6.07) is 6.02. The van der Waals surface area contributed by atoms with E-state index in [1.165, 1.54) is 0 Å². The Morgan fingerprint density at radius 2 is 1.95 bits per heavy atom. The fourth-order valence-corrected chi connectivity index (χ4v) is 2.26. The van der Waals surface area contributed by atoms with Crippen LogP contribution in [-0.4, -0.2) is 29.9 Å². The molecule has 0 fully saturated rings. The van der Waals surface area contributed by atoms with Crippen molar-refractivity contribution in [2.75, 3.05) is 24.1 Å². The molecular weight excluding hydrogens is 262 g/mol. The lowest BCUT2D eigenvalue weighted by atomic mass is 10.1. The summed E-state index contributed by atoms with van der Waals surface area (Å²) in [5.74, 6) is 0.643. The Labute approximate surface area is 128 Å². The van der Waals surface area contributed by atoms with E-state index in [1.807, 2.05) is 25.1 Å². The van der Waals surface area contributed by atoms with Crippen LogP contribution in [0.3, 0.4) is 0 Å². The van der Waals surface area contributed by atoms with Gasteiger partial charge in [0.1, 0.15) is 0 Å². The standard InChI is InChI=1S/C17H29N3O/c1-12(2)11-20(13(3)4)9-8-17(21)19-16-10-15(18)7-6-14(16)5/h6-7,10,12-13H,8-9,11,18H2,1-5H3,(H,19,21). The van der Waals surface area contributed by atoms with Crippen molar-refractivity contribution in [1.82, 2.24) is 4.90 Å². The van der Waals surface area contributed by atoms with E-state index in [9.17, 15) is 4.79 Å². The predicted octanol–water partition coefficient (Wildman–Crippen LogP) is 3.27. The van der Waals surface area contributed by atoms with Gasteiger partial charge in [0.05, 0.1) is 0 Å². The summed E-state index contributed by atoms with van der Waals surface area (Å²) in [6.07, 6.45) is 0.499. The zero-order chi connectivity index (χ0) is 16.0. The van der Waals surface area contributed by atoms with Crippen LogP contribution in [0.5, 0.6) is 0 Å². The van der Waals surface area contributed by atoms with Crippen molar-refractivity contribution in [1.29, 1.82) is 0 Å². The summed E-state index contributed by atoms with van der Waals surface area (Å²) >= 11 is 0. The normalized spacial score (nSPS) is 11.4. The van der Waals surface area contributed by atoms with E-state index >= 15 is 0 Å². The highest BCUT2D eigenvalue weighted by Crippen LogP contribution is 2.18. The van der Waals surface area contributed by atoms with Gasteiger partial charge in [-0.1, -0.05) is 19.9 Å². The molecule has 4 nitrogen and oxygen atoms in total. The van der Waals surface area contributed by atoms with E-state index in [0.717, 1.165) is 24.3 Å². The van der Waals surface area contributed by atoms with Gasteiger partial charge in [0.15, 0.2) is 0 Å². The zero-order valence-electron chi connectivity index (χ0n) is 13.9. The number of benzene rings is 1. The molecule has 0 aliphatic rings. The quantitative estimate of drug-likeness (QED) is 0.758. The predicted molar refractivity (Wildman–Crippen MR) is 90.4 cm³/mol. The molecule has 0 unspecified atom stereocenters. The molecule has 0 spiro atoms. The number of aryl methyl sites for hydroxylation is 1. The van der Waals surface area contributed by atoms with Crippen molar-refractivity contribution < 1.29 is 4.79 Å². The highest BCUT2D eigenvalue weighted by atomic mass is 16.1. The molecule has 1 aromatic rings. The average Bonchev–Trinajstić information content (AvgIpc) is 2.38. The highest BCUT2D eigenvalue weighted by Gasteiger charge is 2.13. The molecule has 0 aliphatic heterocycles. The molecule has 0 bridgehead atoms. The van der Waals surface area contributed by atoms with Crippen molar-refractivity contribution in [3.05, 3.63) is 23.8 Å². The van der Waals surface area contributed by atoms with Crippen LogP contribution >= 0.6 is 0 Å². The van der Waals surface area contributed by atoms with E-state index in [4.69, 9.17) is 5.73 Å². The third-order valence-corrected chi connectivity index (χ3v) is 3.49. The number of nitrogens with two attached hydrogens (primary N) is 1. The van der Waals surface area contributed by atoms with Crippen LogP contribution in [-0.2, 0) is 4.79 Å². The van der Waals surface area contributed by atoms with E-state index in [0.29, 0.717) is 24.1 Å². The maximum Gasteiger partial charge on any atom is 0.225 e. The number of nitrogen functional groups attached to an aromatic ring is 1. The first kappa shape index (κ1) is 17.5. The molecule has 1 rings (SSSR count). The minimum absolute atomic E-state index is 0.0399. The Balaban J connectivity index is 2.55. The largest absolute Gasteiger partial charge is 0.399 e. The second kappa shape index (κ2) is 8.03. The van der Waals surface area contributed by atoms with Crippen molar-refractivity contribution in [3.63, 3.8) is 0 Å².